The lowest BCUT2D eigenvalue weighted by atomic mass is 10.2. The number of hydrogen-bond acceptors (Lipinski definition) is 5. The van der Waals surface area contributed by atoms with Crippen molar-refractivity contribution in [3.8, 4) is 11.5 Å². The van der Waals surface area contributed by atoms with Crippen LogP contribution < -0.4 is 20.1 Å². The van der Waals surface area contributed by atoms with E-state index in [1.165, 1.54) is 0 Å². The molecule has 2 heterocycles. The second kappa shape index (κ2) is 5.17. The first-order chi connectivity index (χ1) is 9.28. The number of rotatable bonds is 2. The van der Waals surface area contributed by atoms with Gasteiger partial charge in [0.15, 0.2) is 11.5 Å². The number of hydrogen-bond donors (Lipinski definition) is 1. The lowest BCUT2D eigenvalue weighted by Gasteiger charge is -2.36. The summed E-state index contributed by atoms with van der Waals surface area (Å²) in [6.07, 6.45) is 0. The summed E-state index contributed by atoms with van der Waals surface area (Å²) < 4.78 is 11.2. The smallest absolute Gasteiger partial charge is 0.163 e. The molecule has 2 N–H and O–H groups in total. The number of fused-ring (bicyclic) bond motifs is 1. The van der Waals surface area contributed by atoms with Crippen molar-refractivity contribution >= 4 is 11.4 Å². The summed E-state index contributed by atoms with van der Waals surface area (Å²) in [7, 11) is 0. The molecule has 0 aromatic heterocycles. The molecule has 19 heavy (non-hydrogen) atoms. The van der Waals surface area contributed by atoms with Crippen LogP contribution >= 0.6 is 0 Å². The first kappa shape index (κ1) is 12.4. The van der Waals surface area contributed by atoms with Crippen molar-refractivity contribution in [3.63, 3.8) is 0 Å². The fraction of sp³-hybridized carbons (Fsp3) is 0.571. The molecular formula is C14H21N3O2. The van der Waals surface area contributed by atoms with E-state index in [9.17, 15) is 0 Å². The summed E-state index contributed by atoms with van der Waals surface area (Å²) >= 11 is 0. The standard InChI is InChI=1S/C14H21N3O2/c1-2-16-3-5-17(6-4-16)12-10-14-13(9-11(12)15)18-7-8-19-14/h9-10H,2-8,15H2,1H3. The summed E-state index contributed by atoms with van der Waals surface area (Å²) in [6, 6.07) is 3.90. The van der Waals surface area contributed by atoms with Gasteiger partial charge in [-0.25, -0.2) is 0 Å². The largest absolute Gasteiger partial charge is 0.486 e. The van der Waals surface area contributed by atoms with Crippen molar-refractivity contribution in [2.45, 2.75) is 6.92 Å². The van der Waals surface area contributed by atoms with Crippen LogP contribution in [0.2, 0.25) is 0 Å². The van der Waals surface area contributed by atoms with Gasteiger partial charge in [-0.3, -0.25) is 0 Å². The summed E-state index contributed by atoms with van der Waals surface area (Å²) in [4.78, 5) is 4.78. The Balaban J connectivity index is 1.81. The maximum absolute atomic E-state index is 6.15. The summed E-state index contributed by atoms with van der Waals surface area (Å²) in [5.74, 6) is 1.58. The summed E-state index contributed by atoms with van der Waals surface area (Å²) in [6.45, 7) is 8.73. The number of nitrogen functional groups attached to an aromatic ring is 1. The van der Waals surface area contributed by atoms with Gasteiger partial charge in [-0.05, 0) is 6.54 Å². The van der Waals surface area contributed by atoms with Gasteiger partial charge in [-0.15, -0.1) is 0 Å². The molecule has 5 heteroatoms. The second-order valence-electron chi connectivity index (χ2n) is 4.98. The maximum atomic E-state index is 6.15. The average Bonchev–Trinajstić information content (AvgIpc) is 2.47. The molecule has 2 aliphatic heterocycles. The molecule has 5 nitrogen and oxygen atoms in total. The molecule has 0 bridgehead atoms. The van der Waals surface area contributed by atoms with Crippen molar-refractivity contribution < 1.29 is 9.47 Å². The Morgan fingerprint density at radius 3 is 2.32 bits per heavy atom. The zero-order chi connectivity index (χ0) is 13.2. The van der Waals surface area contributed by atoms with Crippen molar-refractivity contribution in [2.75, 3.05) is 56.6 Å². The topological polar surface area (TPSA) is 51.0 Å². The van der Waals surface area contributed by atoms with Gasteiger partial charge in [0.25, 0.3) is 0 Å². The third kappa shape index (κ3) is 2.42. The Bertz CT molecular complexity index is 456. The van der Waals surface area contributed by atoms with Gasteiger partial charge in [-0.2, -0.15) is 0 Å². The Kier molecular flexibility index (Phi) is 3.38. The van der Waals surface area contributed by atoms with E-state index in [-0.39, 0.29) is 0 Å². The van der Waals surface area contributed by atoms with Gasteiger partial charge in [0.1, 0.15) is 13.2 Å². The van der Waals surface area contributed by atoms with Gasteiger partial charge >= 0.3 is 0 Å². The van der Waals surface area contributed by atoms with Crippen molar-refractivity contribution in [1.29, 1.82) is 0 Å². The fourth-order valence-corrected chi connectivity index (χ4v) is 2.67. The SMILES string of the molecule is CCN1CCN(c2cc3c(cc2N)OCCO3)CC1. The van der Waals surface area contributed by atoms with Crippen LogP contribution in [0, 0.1) is 0 Å². The Morgan fingerprint density at radius 1 is 1.05 bits per heavy atom. The van der Waals surface area contributed by atoms with Gasteiger partial charge in [0.05, 0.1) is 11.4 Å². The predicted octanol–water partition coefficient (Wildman–Crippen LogP) is 1.18. The molecule has 1 saturated heterocycles. The van der Waals surface area contributed by atoms with Crippen molar-refractivity contribution in [2.24, 2.45) is 0 Å². The monoisotopic (exact) mass is 263 g/mol. The third-order valence-electron chi connectivity index (χ3n) is 3.85. The number of piperazine rings is 1. The van der Waals surface area contributed by atoms with Crippen LogP contribution in [-0.4, -0.2) is 50.8 Å². The number of nitrogens with two attached hydrogens (primary N) is 1. The first-order valence-electron chi connectivity index (χ1n) is 6.94. The van der Waals surface area contributed by atoms with Crippen LogP contribution in [-0.2, 0) is 0 Å². The molecule has 1 fully saturated rings. The predicted molar refractivity (Wildman–Crippen MR) is 76.2 cm³/mol. The van der Waals surface area contributed by atoms with Crippen molar-refractivity contribution in [3.05, 3.63) is 12.1 Å². The van der Waals surface area contributed by atoms with E-state index >= 15 is 0 Å². The Morgan fingerprint density at radius 2 is 1.68 bits per heavy atom. The Labute approximate surface area is 113 Å². The number of ether oxygens (including phenoxy) is 2. The molecule has 0 unspecified atom stereocenters. The van der Waals surface area contributed by atoms with Gasteiger partial charge in [0.2, 0.25) is 0 Å². The fourth-order valence-electron chi connectivity index (χ4n) is 2.67. The van der Waals surface area contributed by atoms with Crippen molar-refractivity contribution in [1.82, 2.24) is 4.90 Å². The van der Waals surface area contributed by atoms with Crippen LogP contribution in [0.3, 0.4) is 0 Å². The molecule has 0 atom stereocenters. The maximum Gasteiger partial charge on any atom is 0.163 e. The van der Waals surface area contributed by atoms with Gasteiger partial charge < -0.3 is 25.0 Å². The van der Waals surface area contributed by atoms with Crippen LogP contribution in [0.1, 0.15) is 6.92 Å². The van der Waals surface area contributed by atoms with E-state index in [0.29, 0.717) is 13.2 Å². The number of likely N-dealkylation sites (N-methyl/N-ethyl adjacent to an activating group) is 1. The molecule has 0 radical (unpaired) electrons. The van der Waals surface area contributed by atoms with Crippen LogP contribution in [0.25, 0.3) is 0 Å². The molecule has 0 spiro atoms. The zero-order valence-corrected chi connectivity index (χ0v) is 11.4. The average molecular weight is 263 g/mol. The van der Waals surface area contributed by atoms with Crippen LogP contribution in [0.4, 0.5) is 11.4 Å². The lowest BCUT2D eigenvalue weighted by molar-refractivity contribution is 0.171. The molecule has 3 rings (SSSR count). The summed E-state index contributed by atoms with van der Waals surface area (Å²) in [5.41, 5.74) is 7.99. The minimum absolute atomic E-state index is 0.598. The molecule has 1 aromatic rings. The lowest BCUT2D eigenvalue weighted by Crippen LogP contribution is -2.46. The van der Waals surface area contributed by atoms with Gasteiger partial charge in [0, 0.05) is 38.3 Å². The third-order valence-corrected chi connectivity index (χ3v) is 3.85. The molecule has 2 aliphatic rings. The Hall–Kier alpha value is -1.62. The molecule has 0 saturated carbocycles. The second-order valence-corrected chi connectivity index (χ2v) is 4.98. The highest BCUT2D eigenvalue weighted by molar-refractivity contribution is 5.73. The normalized spacial score (nSPS) is 19.5. The summed E-state index contributed by atoms with van der Waals surface area (Å²) in [5, 5.41) is 0. The van der Waals surface area contributed by atoms with Crippen LogP contribution in [0.5, 0.6) is 11.5 Å². The van der Waals surface area contributed by atoms with Crippen LogP contribution in [0.15, 0.2) is 12.1 Å². The number of nitrogens with zero attached hydrogens (tertiary/aromatic N) is 2. The minimum atomic E-state index is 0.598. The van der Waals surface area contributed by atoms with E-state index < -0.39 is 0 Å². The number of benzene rings is 1. The quantitative estimate of drug-likeness (QED) is 0.812. The molecule has 0 aliphatic carbocycles. The highest BCUT2D eigenvalue weighted by Crippen LogP contribution is 2.38. The molecule has 104 valence electrons. The number of anilines is 2. The highest BCUT2D eigenvalue weighted by atomic mass is 16.6. The first-order valence-corrected chi connectivity index (χ1v) is 6.94. The van der Waals surface area contributed by atoms with E-state index in [4.69, 9.17) is 15.2 Å². The van der Waals surface area contributed by atoms with E-state index in [1.807, 2.05) is 12.1 Å². The molecular weight excluding hydrogens is 242 g/mol. The van der Waals surface area contributed by atoms with Gasteiger partial charge in [-0.1, -0.05) is 6.92 Å². The highest BCUT2D eigenvalue weighted by Gasteiger charge is 2.21. The van der Waals surface area contributed by atoms with E-state index in [0.717, 1.165) is 55.6 Å². The molecule has 0 amide bonds. The molecule has 1 aromatic carbocycles. The zero-order valence-electron chi connectivity index (χ0n) is 11.4. The minimum Gasteiger partial charge on any atom is -0.486 e. The van der Waals surface area contributed by atoms with E-state index in [2.05, 4.69) is 16.7 Å². The van der Waals surface area contributed by atoms with E-state index in [1.54, 1.807) is 0 Å².